The van der Waals surface area contributed by atoms with Gasteiger partial charge in [-0.25, -0.2) is 9.97 Å². The highest BCUT2D eigenvalue weighted by Crippen LogP contribution is 2.33. The number of aromatic nitrogens is 4. The van der Waals surface area contributed by atoms with Crippen LogP contribution in [-0.4, -0.2) is 19.5 Å². The zero-order valence-electron chi connectivity index (χ0n) is 17.3. The predicted molar refractivity (Wildman–Crippen MR) is 134 cm³/mol. The summed E-state index contributed by atoms with van der Waals surface area (Å²) in [6.07, 6.45) is 0. The lowest BCUT2D eigenvalue weighted by Gasteiger charge is -2.16. The van der Waals surface area contributed by atoms with E-state index in [1.165, 1.54) is 16.3 Å². The minimum atomic E-state index is -0.301. The van der Waals surface area contributed by atoms with Crippen molar-refractivity contribution in [2.45, 2.75) is 17.3 Å². The van der Waals surface area contributed by atoms with Gasteiger partial charge in [-0.15, -0.1) is 0 Å². The van der Waals surface area contributed by atoms with Gasteiger partial charge in [0.1, 0.15) is 5.82 Å². The first-order valence-corrected chi connectivity index (χ1v) is 11.7. The monoisotopic (exact) mass is 494 g/mol. The van der Waals surface area contributed by atoms with Crippen LogP contribution in [-0.2, 0) is 0 Å². The van der Waals surface area contributed by atoms with Crippen molar-refractivity contribution in [3.05, 3.63) is 103 Å². The summed E-state index contributed by atoms with van der Waals surface area (Å²) in [5.74, 6) is 0.492. The quantitative estimate of drug-likeness (QED) is 0.253. The lowest BCUT2D eigenvalue weighted by molar-refractivity contribution is 0.810. The van der Waals surface area contributed by atoms with Crippen LogP contribution in [0.15, 0.2) is 81.5 Å². The molecule has 0 fully saturated rings. The molecular formula is C24H16Cl2N4O2S. The molecule has 9 heteroatoms. The molecule has 6 nitrogen and oxygen atoms in total. The molecule has 1 atom stereocenters. The number of nitrogens with zero attached hydrogens (tertiary/aromatic N) is 3. The molecule has 2 heterocycles. The molecule has 3 aromatic carbocycles. The Hall–Kier alpha value is -3.13. The second kappa shape index (κ2) is 8.67. The number of benzene rings is 3. The summed E-state index contributed by atoms with van der Waals surface area (Å²) in [6.45, 7) is 1.90. The number of para-hydroxylation sites is 1. The fourth-order valence-electron chi connectivity index (χ4n) is 3.55. The standard InChI is InChI=1S/C24H16Cl2N4O2S/c1-13(21-27-19-5-3-2-4-17(19)22(31)29-21)33-24-28-20-12-15(26)8-11-18(20)23(32)30(24)16-9-6-14(25)7-10-16/h2-13H,1H3,(H,27,29,31). The largest absolute Gasteiger partial charge is 0.309 e. The molecule has 0 aliphatic heterocycles. The molecule has 0 amide bonds. The number of H-pyrrole nitrogens is 1. The molecule has 5 aromatic rings. The van der Waals surface area contributed by atoms with Gasteiger partial charge in [0.15, 0.2) is 5.16 Å². The molecular weight excluding hydrogens is 479 g/mol. The third kappa shape index (κ3) is 4.15. The lowest BCUT2D eigenvalue weighted by atomic mass is 10.2. The highest BCUT2D eigenvalue weighted by Gasteiger charge is 2.19. The van der Waals surface area contributed by atoms with Gasteiger partial charge in [-0.1, -0.05) is 47.1 Å². The number of rotatable bonds is 4. The van der Waals surface area contributed by atoms with E-state index in [0.717, 1.165) is 0 Å². The van der Waals surface area contributed by atoms with Gasteiger partial charge >= 0.3 is 0 Å². The van der Waals surface area contributed by atoms with E-state index in [9.17, 15) is 9.59 Å². The zero-order valence-corrected chi connectivity index (χ0v) is 19.6. The summed E-state index contributed by atoms with van der Waals surface area (Å²) in [5.41, 5.74) is 1.29. The number of fused-ring (bicyclic) bond motifs is 2. The number of halogens is 2. The van der Waals surface area contributed by atoms with Crippen LogP contribution in [0.25, 0.3) is 27.5 Å². The van der Waals surface area contributed by atoms with E-state index < -0.39 is 0 Å². The molecule has 1 N–H and O–H groups in total. The maximum atomic E-state index is 13.5. The van der Waals surface area contributed by atoms with Crippen molar-refractivity contribution in [3.8, 4) is 5.69 Å². The van der Waals surface area contributed by atoms with Crippen LogP contribution >= 0.6 is 35.0 Å². The van der Waals surface area contributed by atoms with Crippen molar-refractivity contribution in [3.63, 3.8) is 0 Å². The van der Waals surface area contributed by atoms with Crippen molar-refractivity contribution >= 4 is 56.8 Å². The Balaban J connectivity index is 1.66. The van der Waals surface area contributed by atoms with Crippen LogP contribution in [0.5, 0.6) is 0 Å². The van der Waals surface area contributed by atoms with Gasteiger partial charge < -0.3 is 4.98 Å². The van der Waals surface area contributed by atoms with E-state index in [1.54, 1.807) is 60.7 Å². The highest BCUT2D eigenvalue weighted by atomic mass is 35.5. The molecule has 0 aliphatic rings. The van der Waals surface area contributed by atoms with Gasteiger partial charge in [0, 0.05) is 10.0 Å². The van der Waals surface area contributed by atoms with Crippen LogP contribution in [0.1, 0.15) is 18.0 Å². The van der Waals surface area contributed by atoms with Crippen LogP contribution < -0.4 is 11.1 Å². The van der Waals surface area contributed by atoms with Crippen molar-refractivity contribution < 1.29 is 0 Å². The Kier molecular flexibility index (Phi) is 5.70. The SMILES string of the molecule is CC(Sc1nc2cc(Cl)ccc2c(=O)n1-c1ccc(Cl)cc1)c1nc2ccccc2c(=O)[nH]1. The Morgan fingerprint density at radius 1 is 0.879 bits per heavy atom. The summed E-state index contributed by atoms with van der Waals surface area (Å²) in [4.78, 5) is 38.2. The maximum absolute atomic E-state index is 13.5. The van der Waals surface area contributed by atoms with E-state index in [4.69, 9.17) is 28.2 Å². The first kappa shape index (κ1) is 21.7. The van der Waals surface area contributed by atoms with Gasteiger partial charge in [-0.2, -0.15) is 0 Å². The Morgan fingerprint density at radius 2 is 1.61 bits per heavy atom. The third-order valence-electron chi connectivity index (χ3n) is 5.18. The number of nitrogens with one attached hydrogen (secondary N) is 1. The molecule has 1 unspecified atom stereocenters. The second-order valence-corrected chi connectivity index (χ2v) is 9.58. The first-order valence-electron chi connectivity index (χ1n) is 10.0. The van der Waals surface area contributed by atoms with E-state index in [2.05, 4.69) is 9.97 Å². The smallest absolute Gasteiger partial charge is 0.266 e. The van der Waals surface area contributed by atoms with Crippen molar-refractivity contribution in [2.24, 2.45) is 0 Å². The molecule has 0 aliphatic carbocycles. The Morgan fingerprint density at radius 3 is 2.39 bits per heavy atom. The van der Waals surface area contributed by atoms with Crippen molar-refractivity contribution in [1.82, 2.24) is 19.5 Å². The maximum Gasteiger partial charge on any atom is 0.266 e. The fraction of sp³-hybridized carbons (Fsp3) is 0.0833. The van der Waals surface area contributed by atoms with Crippen LogP contribution in [0.2, 0.25) is 10.0 Å². The van der Waals surface area contributed by atoms with E-state index >= 15 is 0 Å². The lowest BCUT2D eigenvalue weighted by Crippen LogP contribution is -2.22. The summed E-state index contributed by atoms with van der Waals surface area (Å²) in [7, 11) is 0. The molecule has 0 radical (unpaired) electrons. The van der Waals surface area contributed by atoms with Gasteiger partial charge in [-0.3, -0.25) is 14.2 Å². The normalized spacial score (nSPS) is 12.3. The Bertz CT molecular complexity index is 1630. The molecule has 2 aromatic heterocycles. The first-order chi connectivity index (χ1) is 15.9. The fourth-order valence-corrected chi connectivity index (χ4v) is 4.82. The summed E-state index contributed by atoms with van der Waals surface area (Å²) < 4.78 is 1.53. The van der Waals surface area contributed by atoms with Gasteiger partial charge in [-0.05, 0) is 61.5 Å². The van der Waals surface area contributed by atoms with Gasteiger partial charge in [0.25, 0.3) is 11.1 Å². The highest BCUT2D eigenvalue weighted by molar-refractivity contribution is 7.99. The number of hydrogen-bond acceptors (Lipinski definition) is 5. The number of aromatic amines is 1. The van der Waals surface area contributed by atoms with Crippen LogP contribution in [0.4, 0.5) is 0 Å². The molecule has 33 heavy (non-hydrogen) atoms. The van der Waals surface area contributed by atoms with Crippen molar-refractivity contribution in [1.29, 1.82) is 0 Å². The predicted octanol–water partition coefficient (Wildman–Crippen LogP) is 5.78. The molecule has 5 rings (SSSR count). The number of hydrogen-bond donors (Lipinski definition) is 1. The minimum absolute atomic E-state index is 0.212. The van der Waals surface area contributed by atoms with E-state index in [1.807, 2.05) is 13.0 Å². The molecule has 164 valence electrons. The van der Waals surface area contributed by atoms with Crippen LogP contribution in [0, 0.1) is 0 Å². The average molecular weight is 495 g/mol. The summed E-state index contributed by atoms with van der Waals surface area (Å²) in [6, 6.07) is 19.1. The summed E-state index contributed by atoms with van der Waals surface area (Å²) in [5, 5.41) is 2.17. The number of thioether (sulfide) groups is 1. The topological polar surface area (TPSA) is 80.6 Å². The second-order valence-electron chi connectivity index (χ2n) is 7.40. The van der Waals surface area contributed by atoms with Crippen LogP contribution in [0.3, 0.4) is 0 Å². The molecule has 0 saturated carbocycles. The molecule has 0 bridgehead atoms. The minimum Gasteiger partial charge on any atom is -0.309 e. The van der Waals surface area contributed by atoms with Gasteiger partial charge in [0.05, 0.1) is 32.7 Å². The summed E-state index contributed by atoms with van der Waals surface area (Å²) >= 11 is 13.5. The van der Waals surface area contributed by atoms with E-state index in [-0.39, 0.29) is 16.4 Å². The average Bonchev–Trinajstić information content (AvgIpc) is 2.80. The third-order valence-corrected chi connectivity index (χ3v) is 6.73. The molecule has 0 saturated heterocycles. The van der Waals surface area contributed by atoms with Gasteiger partial charge in [0.2, 0.25) is 0 Å². The van der Waals surface area contributed by atoms with Crippen molar-refractivity contribution in [2.75, 3.05) is 0 Å². The molecule has 0 spiro atoms. The zero-order chi connectivity index (χ0) is 23.1. The van der Waals surface area contributed by atoms with E-state index in [0.29, 0.717) is 48.5 Å². The Labute approximate surface area is 202 Å².